The van der Waals surface area contributed by atoms with E-state index in [9.17, 15) is 4.39 Å². The minimum atomic E-state index is -0.513. The average molecular weight is 403 g/mol. The SMILES string of the molecule is COC1(c2cc(F)cc(Sc3ccc4c(c3)OCC/C4=N\O)c2)CCOCC1. The van der Waals surface area contributed by atoms with E-state index in [1.165, 1.54) is 17.8 Å². The summed E-state index contributed by atoms with van der Waals surface area (Å²) in [4.78, 5) is 1.72. The second-order valence-corrected chi connectivity index (χ2v) is 8.04. The molecule has 4 rings (SSSR count). The summed E-state index contributed by atoms with van der Waals surface area (Å²) < 4.78 is 31.4. The monoisotopic (exact) mass is 403 g/mol. The summed E-state index contributed by atoms with van der Waals surface area (Å²) >= 11 is 1.46. The zero-order valence-electron chi connectivity index (χ0n) is 15.6. The minimum absolute atomic E-state index is 0.285. The molecule has 2 aliphatic heterocycles. The first-order valence-electron chi connectivity index (χ1n) is 9.23. The fraction of sp³-hybridized carbons (Fsp3) is 0.381. The van der Waals surface area contributed by atoms with Crippen LogP contribution in [0.4, 0.5) is 4.39 Å². The second kappa shape index (κ2) is 8.11. The number of hydrogen-bond donors (Lipinski definition) is 1. The summed E-state index contributed by atoms with van der Waals surface area (Å²) in [6.07, 6.45) is 1.98. The summed E-state index contributed by atoms with van der Waals surface area (Å²) in [5.41, 5.74) is 1.73. The Labute approximate surface area is 167 Å². The van der Waals surface area contributed by atoms with Crippen molar-refractivity contribution in [2.24, 2.45) is 5.16 Å². The highest BCUT2D eigenvalue weighted by molar-refractivity contribution is 7.99. The predicted molar refractivity (Wildman–Crippen MR) is 104 cm³/mol. The quantitative estimate of drug-likeness (QED) is 0.598. The van der Waals surface area contributed by atoms with Crippen LogP contribution in [0.3, 0.4) is 0 Å². The molecule has 0 aliphatic carbocycles. The van der Waals surface area contributed by atoms with E-state index in [0.717, 1.165) is 20.9 Å². The molecular weight excluding hydrogens is 381 g/mol. The minimum Gasteiger partial charge on any atom is -0.492 e. The van der Waals surface area contributed by atoms with Crippen LogP contribution in [0.25, 0.3) is 0 Å². The normalized spacial score (nSPS) is 19.9. The molecule has 1 saturated heterocycles. The Bertz CT molecular complexity index is 896. The summed E-state index contributed by atoms with van der Waals surface area (Å²) in [5, 5.41) is 12.5. The number of nitrogens with zero attached hydrogens (tertiary/aromatic N) is 1. The van der Waals surface area contributed by atoms with Crippen LogP contribution in [-0.2, 0) is 15.1 Å². The molecule has 2 aromatic rings. The van der Waals surface area contributed by atoms with E-state index in [2.05, 4.69) is 5.16 Å². The van der Waals surface area contributed by atoms with Gasteiger partial charge < -0.3 is 19.4 Å². The maximum atomic E-state index is 14.4. The molecule has 5 nitrogen and oxygen atoms in total. The zero-order chi connectivity index (χ0) is 19.6. The van der Waals surface area contributed by atoms with Gasteiger partial charge in [-0.15, -0.1) is 0 Å². The molecule has 0 amide bonds. The molecule has 0 atom stereocenters. The number of hydrogen-bond acceptors (Lipinski definition) is 6. The van der Waals surface area contributed by atoms with Gasteiger partial charge in [0.1, 0.15) is 11.6 Å². The number of methoxy groups -OCH3 is 1. The van der Waals surface area contributed by atoms with Gasteiger partial charge in [0.15, 0.2) is 0 Å². The lowest BCUT2D eigenvalue weighted by Gasteiger charge is -2.36. The van der Waals surface area contributed by atoms with Gasteiger partial charge >= 0.3 is 0 Å². The molecule has 0 saturated carbocycles. The Hall–Kier alpha value is -2.09. The second-order valence-electron chi connectivity index (χ2n) is 6.89. The van der Waals surface area contributed by atoms with Crippen LogP contribution in [0.1, 0.15) is 30.4 Å². The van der Waals surface area contributed by atoms with Crippen molar-refractivity contribution in [3.05, 3.63) is 53.3 Å². The summed E-state index contributed by atoms with van der Waals surface area (Å²) in [7, 11) is 1.67. The lowest BCUT2D eigenvalue weighted by Crippen LogP contribution is -2.35. The highest BCUT2D eigenvalue weighted by atomic mass is 32.2. The number of rotatable bonds is 4. The van der Waals surface area contributed by atoms with Crippen molar-refractivity contribution in [1.29, 1.82) is 0 Å². The van der Waals surface area contributed by atoms with E-state index in [4.69, 9.17) is 19.4 Å². The third-order valence-electron chi connectivity index (χ3n) is 5.31. The number of benzene rings is 2. The molecule has 2 aliphatic rings. The Balaban J connectivity index is 1.63. The van der Waals surface area contributed by atoms with E-state index in [1.54, 1.807) is 13.2 Å². The summed E-state index contributed by atoms with van der Waals surface area (Å²) in [6.45, 7) is 1.68. The van der Waals surface area contributed by atoms with E-state index < -0.39 is 5.60 Å². The standard InChI is InChI=1S/C21H22FNO4S/c1-25-21(5-8-26-9-6-21)14-10-15(22)12-17(11-14)28-16-2-3-18-19(23-24)4-7-27-20(18)13-16/h2-3,10-13,24H,4-9H2,1H3/b23-19+. The van der Waals surface area contributed by atoms with Crippen LogP contribution in [0, 0.1) is 5.82 Å². The first-order chi connectivity index (χ1) is 13.6. The fourth-order valence-corrected chi connectivity index (χ4v) is 4.68. The molecule has 28 heavy (non-hydrogen) atoms. The molecule has 0 radical (unpaired) electrons. The largest absolute Gasteiger partial charge is 0.492 e. The van der Waals surface area contributed by atoms with Crippen LogP contribution >= 0.6 is 11.8 Å². The first kappa shape index (κ1) is 19.2. The summed E-state index contributed by atoms with van der Waals surface area (Å²) in [6, 6.07) is 10.8. The first-order valence-corrected chi connectivity index (χ1v) is 10.1. The van der Waals surface area contributed by atoms with Crippen LogP contribution in [0.2, 0.25) is 0 Å². The van der Waals surface area contributed by atoms with Crippen molar-refractivity contribution < 1.29 is 23.8 Å². The highest BCUT2D eigenvalue weighted by Gasteiger charge is 2.35. The van der Waals surface area contributed by atoms with Crippen molar-refractivity contribution in [3.63, 3.8) is 0 Å². The third-order valence-corrected chi connectivity index (χ3v) is 6.27. The molecule has 2 heterocycles. The van der Waals surface area contributed by atoms with Gasteiger partial charge in [0.25, 0.3) is 0 Å². The highest BCUT2D eigenvalue weighted by Crippen LogP contribution is 2.40. The lowest BCUT2D eigenvalue weighted by molar-refractivity contribution is -0.0950. The number of ether oxygens (including phenoxy) is 3. The summed E-state index contributed by atoms with van der Waals surface area (Å²) in [5.74, 6) is 0.394. The predicted octanol–water partition coefficient (Wildman–Crippen LogP) is 4.59. The lowest BCUT2D eigenvalue weighted by atomic mass is 9.86. The van der Waals surface area contributed by atoms with Crippen LogP contribution in [0.15, 0.2) is 51.3 Å². The van der Waals surface area contributed by atoms with Gasteiger partial charge in [0.2, 0.25) is 0 Å². The smallest absolute Gasteiger partial charge is 0.129 e. The molecule has 0 spiro atoms. The molecule has 2 aromatic carbocycles. The zero-order valence-corrected chi connectivity index (χ0v) is 16.4. The number of halogens is 1. The Morgan fingerprint density at radius 1 is 1.11 bits per heavy atom. The van der Waals surface area contributed by atoms with Crippen molar-refractivity contribution in [3.8, 4) is 5.75 Å². The molecule has 0 unspecified atom stereocenters. The van der Waals surface area contributed by atoms with Crippen molar-refractivity contribution in [1.82, 2.24) is 0 Å². The van der Waals surface area contributed by atoms with Crippen LogP contribution in [-0.4, -0.2) is 37.8 Å². The Kier molecular flexibility index (Phi) is 5.57. The number of fused-ring (bicyclic) bond motifs is 1. The van der Waals surface area contributed by atoms with Gasteiger partial charge in [0.05, 0.1) is 17.9 Å². The van der Waals surface area contributed by atoms with Gasteiger partial charge in [-0.3, -0.25) is 0 Å². The van der Waals surface area contributed by atoms with E-state index in [-0.39, 0.29) is 5.82 Å². The fourth-order valence-electron chi connectivity index (χ4n) is 3.75. The van der Waals surface area contributed by atoms with Crippen molar-refractivity contribution in [2.75, 3.05) is 26.9 Å². The van der Waals surface area contributed by atoms with Crippen LogP contribution in [0.5, 0.6) is 5.75 Å². The Morgan fingerprint density at radius 2 is 1.93 bits per heavy atom. The third kappa shape index (κ3) is 3.74. The van der Waals surface area contributed by atoms with E-state index in [0.29, 0.717) is 50.5 Å². The molecule has 7 heteroatoms. The Morgan fingerprint density at radius 3 is 2.68 bits per heavy atom. The van der Waals surface area contributed by atoms with Gasteiger partial charge in [-0.1, -0.05) is 16.9 Å². The van der Waals surface area contributed by atoms with E-state index >= 15 is 0 Å². The van der Waals surface area contributed by atoms with Gasteiger partial charge in [-0.05, 0) is 42.0 Å². The maximum absolute atomic E-state index is 14.4. The molecule has 0 aromatic heterocycles. The average Bonchev–Trinajstić information content (AvgIpc) is 2.73. The maximum Gasteiger partial charge on any atom is 0.129 e. The van der Waals surface area contributed by atoms with Crippen molar-refractivity contribution >= 4 is 17.5 Å². The van der Waals surface area contributed by atoms with Gasteiger partial charge in [-0.25, -0.2) is 4.39 Å². The van der Waals surface area contributed by atoms with Gasteiger partial charge in [0, 0.05) is 54.9 Å². The molecule has 0 bridgehead atoms. The number of oxime groups is 1. The molecular formula is C21H22FNO4S. The molecule has 1 fully saturated rings. The van der Waals surface area contributed by atoms with Gasteiger partial charge in [-0.2, -0.15) is 0 Å². The molecule has 148 valence electrons. The molecule has 1 N–H and O–H groups in total. The van der Waals surface area contributed by atoms with Crippen molar-refractivity contribution in [2.45, 2.75) is 34.7 Å². The van der Waals surface area contributed by atoms with E-state index in [1.807, 2.05) is 24.3 Å². The van der Waals surface area contributed by atoms with Crippen LogP contribution < -0.4 is 4.74 Å². The topological polar surface area (TPSA) is 60.3 Å².